The minimum absolute atomic E-state index is 0.196. The number of benzene rings is 1. The molecule has 208 valence electrons. The lowest BCUT2D eigenvalue weighted by atomic mass is 9.65. The summed E-state index contributed by atoms with van der Waals surface area (Å²) in [6.07, 6.45) is 1.59. The summed E-state index contributed by atoms with van der Waals surface area (Å²) in [5.41, 5.74) is -1.28. The Morgan fingerprint density at radius 2 is 1.92 bits per heavy atom. The van der Waals surface area contributed by atoms with Crippen molar-refractivity contribution in [3.8, 4) is 0 Å². The van der Waals surface area contributed by atoms with E-state index in [0.29, 0.717) is 45.6 Å². The van der Waals surface area contributed by atoms with Crippen LogP contribution in [-0.4, -0.2) is 103 Å². The number of hydrogen-bond donors (Lipinski definition) is 2. The molecule has 4 aliphatic rings. The first-order valence-corrected chi connectivity index (χ1v) is 13.8. The van der Waals surface area contributed by atoms with E-state index in [9.17, 15) is 19.5 Å². The number of nitrogens with zero attached hydrogens (tertiary/aromatic N) is 2. The van der Waals surface area contributed by atoms with E-state index in [1.54, 1.807) is 6.92 Å². The maximum Gasteiger partial charge on any atom is 0.312 e. The monoisotopic (exact) mass is 529 g/mol. The van der Waals surface area contributed by atoms with Crippen molar-refractivity contribution in [2.45, 2.75) is 56.4 Å². The summed E-state index contributed by atoms with van der Waals surface area (Å²) in [4.78, 5) is 45.3. The molecular formula is C28H39N3O7. The molecule has 4 aliphatic heterocycles. The van der Waals surface area contributed by atoms with Gasteiger partial charge >= 0.3 is 5.97 Å². The van der Waals surface area contributed by atoms with Gasteiger partial charge in [-0.15, -0.1) is 0 Å². The zero-order chi connectivity index (χ0) is 26.9. The number of hydrogen-bond acceptors (Lipinski definition) is 8. The van der Waals surface area contributed by atoms with Gasteiger partial charge in [-0.05, 0) is 31.7 Å². The number of rotatable bonds is 10. The third-order valence-corrected chi connectivity index (χ3v) is 8.93. The molecule has 2 bridgehead atoms. The van der Waals surface area contributed by atoms with Gasteiger partial charge < -0.3 is 29.5 Å². The van der Waals surface area contributed by atoms with Gasteiger partial charge in [0.1, 0.15) is 17.6 Å². The number of aliphatic hydroxyl groups is 1. The Balaban J connectivity index is 1.49. The van der Waals surface area contributed by atoms with E-state index >= 15 is 0 Å². The van der Waals surface area contributed by atoms with Gasteiger partial charge in [-0.25, -0.2) is 0 Å². The van der Waals surface area contributed by atoms with Crippen molar-refractivity contribution in [3.63, 3.8) is 0 Å². The molecule has 5 rings (SSSR count). The molecule has 0 aromatic heterocycles. The Labute approximate surface area is 223 Å². The Bertz CT molecular complexity index is 1030. The normalized spacial score (nSPS) is 33.3. The molecule has 0 radical (unpaired) electrons. The SMILES string of the molecule is CCOC(=O)[C@H]1[C@H]2C(=O)N([C@H](CO)c3ccccc3)C(C(=O)NCCN3CCOCC3)C23CC[C@]1(CC)O3. The highest BCUT2D eigenvalue weighted by atomic mass is 16.6. The van der Waals surface area contributed by atoms with Gasteiger partial charge in [-0.3, -0.25) is 19.3 Å². The largest absolute Gasteiger partial charge is 0.466 e. The van der Waals surface area contributed by atoms with Gasteiger partial charge in [0.15, 0.2) is 0 Å². The second-order valence-corrected chi connectivity index (χ2v) is 10.7. The second-order valence-electron chi connectivity index (χ2n) is 10.7. The summed E-state index contributed by atoms with van der Waals surface area (Å²) in [6, 6.07) is 7.48. The highest BCUT2D eigenvalue weighted by Gasteiger charge is 2.79. The van der Waals surface area contributed by atoms with Crippen molar-refractivity contribution < 1.29 is 33.7 Å². The first-order valence-electron chi connectivity index (χ1n) is 13.8. The highest BCUT2D eigenvalue weighted by molar-refractivity contribution is 5.98. The van der Waals surface area contributed by atoms with Crippen LogP contribution in [0.5, 0.6) is 0 Å². The molecule has 2 unspecified atom stereocenters. The van der Waals surface area contributed by atoms with Crippen molar-refractivity contribution in [2.75, 3.05) is 52.6 Å². The number of nitrogens with one attached hydrogen (secondary N) is 1. The summed E-state index contributed by atoms with van der Waals surface area (Å²) < 4.78 is 17.6. The predicted molar refractivity (Wildman–Crippen MR) is 137 cm³/mol. The Kier molecular flexibility index (Phi) is 7.77. The fourth-order valence-electron chi connectivity index (χ4n) is 7.17. The van der Waals surface area contributed by atoms with Crippen LogP contribution in [-0.2, 0) is 28.6 Å². The number of aliphatic hydroxyl groups excluding tert-OH is 1. The van der Waals surface area contributed by atoms with Crippen LogP contribution >= 0.6 is 0 Å². The van der Waals surface area contributed by atoms with Gasteiger partial charge in [-0.2, -0.15) is 0 Å². The van der Waals surface area contributed by atoms with E-state index in [-0.39, 0.29) is 25.0 Å². The van der Waals surface area contributed by atoms with Crippen LogP contribution < -0.4 is 5.32 Å². The van der Waals surface area contributed by atoms with Gasteiger partial charge in [0, 0.05) is 26.2 Å². The summed E-state index contributed by atoms with van der Waals surface area (Å²) in [7, 11) is 0. The molecule has 38 heavy (non-hydrogen) atoms. The Morgan fingerprint density at radius 3 is 2.58 bits per heavy atom. The molecule has 2 amide bonds. The number of likely N-dealkylation sites (tertiary alicyclic amines) is 1. The first kappa shape index (κ1) is 27.1. The topological polar surface area (TPSA) is 118 Å². The van der Waals surface area contributed by atoms with E-state index in [0.717, 1.165) is 18.7 Å². The molecule has 1 aromatic rings. The molecule has 4 heterocycles. The van der Waals surface area contributed by atoms with Crippen LogP contribution in [0.3, 0.4) is 0 Å². The van der Waals surface area contributed by atoms with Crippen LogP contribution in [0.1, 0.15) is 44.7 Å². The lowest BCUT2D eigenvalue weighted by Crippen LogP contribution is -2.57. The summed E-state index contributed by atoms with van der Waals surface area (Å²) in [5, 5.41) is 13.6. The molecule has 10 heteroatoms. The zero-order valence-corrected chi connectivity index (χ0v) is 22.3. The van der Waals surface area contributed by atoms with E-state index in [1.807, 2.05) is 37.3 Å². The minimum Gasteiger partial charge on any atom is -0.466 e. The van der Waals surface area contributed by atoms with E-state index < -0.39 is 41.1 Å². The highest BCUT2D eigenvalue weighted by Crippen LogP contribution is 2.65. The summed E-state index contributed by atoms with van der Waals surface area (Å²) in [6.45, 7) is 7.55. The number of carbonyl (C=O) groups excluding carboxylic acids is 3. The molecule has 1 spiro atoms. The molecular weight excluding hydrogens is 490 g/mol. The Hall–Kier alpha value is -2.53. The summed E-state index contributed by atoms with van der Waals surface area (Å²) >= 11 is 0. The van der Waals surface area contributed by atoms with Crippen LogP contribution in [0.2, 0.25) is 0 Å². The number of carbonyl (C=O) groups is 3. The number of fused-ring (bicyclic) bond motifs is 1. The molecule has 1 aromatic carbocycles. The molecule has 0 aliphatic carbocycles. The number of morpholine rings is 1. The number of esters is 1. The van der Waals surface area contributed by atoms with Gasteiger partial charge in [0.2, 0.25) is 11.8 Å². The average molecular weight is 530 g/mol. The van der Waals surface area contributed by atoms with Crippen molar-refractivity contribution >= 4 is 17.8 Å². The second kappa shape index (κ2) is 10.9. The van der Waals surface area contributed by atoms with Crippen LogP contribution in [0.25, 0.3) is 0 Å². The smallest absolute Gasteiger partial charge is 0.312 e. The maximum absolute atomic E-state index is 14.3. The fourth-order valence-corrected chi connectivity index (χ4v) is 7.17. The fraction of sp³-hybridized carbons (Fsp3) is 0.679. The average Bonchev–Trinajstić information content (AvgIpc) is 3.54. The summed E-state index contributed by atoms with van der Waals surface area (Å²) in [5.74, 6) is -2.75. The maximum atomic E-state index is 14.3. The van der Waals surface area contributed by atoms with Crippen molar-refractivity contribution in [1.29, 1.82) is 0 Å². The van der Waals surface area contributed by atoms with Crippen molar-refractivity contribution in [1.82, 2.24) is 15.1 Å². The third kappa shape index (κ3) is 4.31. The van der Waals surface area contributed by atoms with Gasteiger partial charge in [0.25, 0.3) is 0 Å². The number of amides is 2. The quantitative estimate of drug-likeness (QED) is 0.429. The van der Waals surface area contributed by atoms with E-state index in [1.165, 1.54) is 4.90 Å². The Morgan fingerprint density at radius 1 is 1.18 bits per heavy atom. The lowest BCUT2D eigenvalue weighted by Gasteiger charge is -2.37. The van der Waals surface area contributed by atoms with Crippen LogP contribution in [0.4, 0.5) is 0 Å². The van der Waals surface area contributed by atoms with E-state index in [4.69, 9.17) is 14.2 Å². The minimum atomic E-state index is -1.16. The van der Waals surface area contributed by atoms with E-state index in [2.05, 4.69) is 10.2 Å². The van der Waals surface area contributed by atoms with Crippen LogP contribution in [0.15, 0.2) is 30.3 Å². The zero-order valence-electron chi connectivity index (χ0n) is 22.3. The molecule has 6 atom stereocenters. The van der Waals surface area contributed by atoms with Crippen molar-refractivity contribution in [2.24, 2.45) is 11.8 Å². The molecule has 10 nitrogen and oxygen atoms in total. The van der Waals surface area contributed by atoms with Crippen molar-refractivity contribution in [3.05, 3.63) is 35.9 Å². The molecule has 0 saturated carbocycles. The molecule has 4 fully saturated rings. The predicted octanol–water partition coefficient (Wildman–Crippen LogP) is 0.886. The van der Waals surface area contributed by atoms with Crippen LogP contribution in [0, 0.1) is 11.8 Å². The lowest BCUT2D eigenvalue weighted by molar-refractivity contribution is -0.162. The van der Waals surface area contributed by atoms with Gasteiger partial charge in [0.05, 0.1) is 44.0 Å². The molecule has 4 saturated heterocycles. The molecule has 2 N–H and O–H groups in total. The number of ether oxygens (including phenoxy) is 3. The third-order valence-electron chi connectivity index (χ3n) is 8.93. The standard InChI is InChI=1S/C28H39N3O7/c1-3-27-10-11-28(38-27)21(22(27)26(35)37-4-2)25(34)31(20(18-32)19-8-6-5-7-9-19)23(28)24(33)29-12-13-30-14-16-36-17-15-30/h5-9,20-23,32H,3-4,10-18H2,1-2H3,(H,29,33)/t20-,21+,22-,23?,27+,28?/m1/s1. The van der Waals surface area contributed by atoms with Gasteiger partial charge in [-0.1, -0.05) is 37.3 Å². The first-order chi connectivity index (χ1) is 18.4.